The Balaban J connectivity index is 2.04. The van der Waals surface area contributed by atoms with Crippen LogP contribution in [0.5, 0.6) is 0 Å². The van der Waals surface area contributed by atoms with Crippen LogP contribution < -0.4 is 0 Å². The van der Waals surface area contributed by atoms with Crippen molar-refractivity contribution < 1.29 is 4.79 Å². The Hall–Kier alpha value is -0.380. The summed E-state index contributed by atoms with van der Waals surface area (Å²) in [5, 5.41) is 1.77. The van der Waals surface area contributed by atoms with Crippen molar-refractivity contribution in [2.45, 2.75) is 4.90 Å². The van der Waals surface area contributed by atoms with Crippen molar-refractivity contribution in [2.24, 2.45) is 0 Å². The minimum atomic E-state index is -0.0281. The predicted molar refractivity (Wildman–Crippen MR) is 88.0 cm³/mol. The van der Waals surface area contributed by atoms with Gasteiger partial charge in [0, 0.05) is 10.5 Å². The van der Waals surface area contributed by atoms with Gasteiger partial charge in [-0.05, 0) is 36.4 Å². The van der Waals surface area contributed by atoms with Crippen molar-refractivity contribution in [1.29, 1.82) is 0 Å². The molecule has 6 heteroatoms. The van der Waals surface area contributed by atoms with Crippen molar-refractivity contribution in [3.63, 3.8) is 0 Å². The van der Waals surface area contributed by atoms with Gasteiger partial charge in [0.2, 0.25) is 0 Å². The standard InChI is InChI=1S/C14H8Cl4OS/c15-10-3-1-8(5-12(10)17)14(19)7-20-9-2-4-11(16)13(18)6-9/h1-6H,7H2. The molecule has 0 saturated heterocycles. The fourth-order valence-electron chi connectivity index (χ4n) is 1.47. The van der Waals surface area contributed by atoms with E-state index in [1.54, 1.807) is 30.3 Å². The van der Waals surface area contributed by atoms with Crippen molar-refractivity contribution in [3.8, 4) is 0 Å². The molecule has 0 amide bonds. The molecule has 2 aromatic carbocycles. The van der Waals surface area contributed by atoms with Crippen LogP contribution in [0.2, 0.25) is 20.1 Å². The van der Waals surface area contributed by atoms with Crippen LogP contribution in [0.15, 0.2) is 41.3 Å². The predicted octanol–water partition coefficient (Wildman–Crippen LogP) is 6.28. The molecule has 0 unspecified atom stereocenters. The Morgan fingerprint density at radius 1 is 0.850 bits per heavy atom. The Kier molecular flexibility index (Phi) is 5.65. The molecule has 0 saturated carbocycles. The van der Waals surface area contributed by atoms with E-state index in [0.717, 1.165) is 4.90 Å². The lowest BCUT2D eigenvalue weighted by molar-refractivity contribution is 0.102. The van der Waals surface area contributed by atoms with Gasteiger partial charge in [-0.2, -0.15) is 0 Å². The molecule has 0 bridgehead atoms. The van der Waals surface area contributed by atoms with Gasteiger partial charge in [0.15, 0.2) is 5.78 Å². The number of rotatable bonds is 4. The molecular formula is C14H8Cl4OS. The Morgan fingerprint density at radius 3 is 2.05 bits per heavy atom. The van der Waals surface area contributed by atoms with Crippen molar-refractivity contribution >= 4 is 63.9 Å². The molecule has 2 aromatic rings. The summed E-state index contributed by atoms with van der Waals surface area (Å²) < 4.78 is 0. The fourth-order valence-corrected chi connectivity index (χ4v) is 2.96. The number of hydrogen-bond donors (Lipinski definition) is 0. The van der Waals surface area contributed by atoms with Gasteiger partial charge >= 0.3 is 0 Å². The second kappa shape index (κ2) is 7.06. The third-order valence-electron chi connectivity index (χ3n) is 2.50. The van der Waals surface area contributed by atoms with E-state index in [9.17, 15) is 4.79 Å². The van der Waals surface area contributed by atoms with Crippen LogP contribution in [0.1, 0.15) is 10.4 Å². The van der Waals surface area contributed by atoms with E-state index < -0.39 is 0 Å². The van der Waals surface area contributed by atoms with E-state index >= 15 is 0 Å². The molecule has 1 nitrogen and oxygen atoms in total. The number of carbonyl (C=O) groups excluding carboxylic acids is 1. The first kappa shape index (κ1) is 16.0. The summed E-state index contributed by atoms with van der Waals surface area (Å²) in [7, 11) is 0. The first-order chi connectivity index (χ1) is 9.47. The normalized spacial score (nSPS) is 10.6. The summed E-state index contributed by atoms with van der Waals surface area (Å²) in [5.74, 6) is 0.260. The molecule has 0 heterocycles. The van der Waals surface area contributed by atoms with Gasteiger partial charge in [0.1, 0.15) is 0 Å². The first-order valence-electron chi connectivity index (χ1n) is 5.53. The quantitative estimate of drug-likeness (QED) is 0.468. The average Bonchev–Trinajstić information content (AvgIpc) is 2.43. The number of hydrogen-bond acceptors (Lipinski definition) is 2. The zero-order chi connectivity index (χ0) is 14.7. The molecular weight excluding hydrogens is 358 g/mol. The van der Waals surface area contributed by atoms with Crippen molar-refractivity contribution in [2.75, 3.05) is 5.75 Å². The van der Waals surface area contributed by atoms with E-state index in [2.05, 4.69) is 0 Å². The summed E-state index contributed by atoms with van der Waals surface area (Å²) in [6.45, 7) is 0. The molecule has 0 spiro atoms. The van der Waals surface area contributed by atoms with Crippen LogP contribution in [0.4, 0.5) is 0 Å². The lowest BCUT2D eigenvalue weighted by Crippen LogP contribution is -2.02. The highest BCUT2D eigenvalue weighted by molar-refractivity contribution is 8.00. The maximum Gasteiger partial charge on any atom is 0.173 e. The molecule has 104 valence electrons. The number of carbonyl (C=O) groups is 1. The Bertz CT molecular complexity index is 658. The molecule has 20 heavy (non-hydrogen) atoms. The number of thioether (sulfide) groups is 1. The lowest BCUT2D eigenvalue weighted by Gasteiger charge is -2.04. The van der Waals surface area contributed by atoms with Crippen LogP contribution in [0.25, 0.3) is 0 Å². The molecule has 2 rings (SSSR count). The highest BCUT2D eigenvalue weighted by Gasteiger charge is 2.09. The highest BCUT2D eigenvalue weighted by Crippen LogP contribution is 2.29. The maximum atomic E-state index is 12.1. The van der Waals surface area contributed by atoms with E-state index in [4.69, 9.17) is 46.4 Å². The summed E-state index contributed by atoms with van der Waals surface area (Å²) >= 11 is 24.9. The molecule has 0 aliphatic carbocycles. The third kappa shape index (κ3) is 4.06. The van der Waals surface area contributed by atoms with Crippen LogP contribution in [-0.2, 0) is 0 Å². The molecule has 0 aliphatic rings. The summed E-state index contributed by atoms with van der Waals surface area (Å²) in [5.41, 5.74) is 0.534. The number of Topliss-reactive ketones (excluding diaryl/α,β-unsaturated/α-hetero) is 1. The van der Waals surface area contributed by atoms with Gasteiger partial charge in [0.25, 0.3) is 0 Å². The second-order valence-electron chi connectivity index (χ2n) is 3.92. The number of halogens is 4. The van der Waals surface area contributed by atoms with E-state index in [1.165, 1.54) is 11.8 Å². The zero-order valence-corrected chi connectivity index (χ0v) is 13.8. The molecule has 0 atom stereocenters. The fraction of sp³-hybridized carbons (Fsp3) is 0.0714. The average molecular weight is 366 g/mol. The number of ketones is 1. The van der Waals surface area contributed by atoms with Crippen LogP contribution in [0, 0.1) is 0 Å². The molecule has 0 N–H and O–H groups in total. The minimum Gasteiger partial charge on any atom is -0.293 e. The van der Waals surface area contributed by atoms with Crippen molar-refractivity contribution in [1.82, 2.24) is 0 Å². The second-order valence-corrected chi connectivity index (χ2v) is 6.59. The zero-order valence-electron chi connectivity index (χ0n) is 10.00. The van der Waals surface area contributed by atoms with Gasteiger partial charge in [-0.1, -0.05) is 46.4 Å². The van der Waals surface area contributed by atoms with Crippen LogP contribution in [-0.4, -0.2) is 11.5 Å². The van der Waals surface area contributed by atoms with Crippen molar-refractivity contribution in [3.05, 3.63) is 62.1 Å². The lowest BCUT2D eigenvalue weighted by atomic mass is 10.1. The highest BCUT2D eigenvalue weighted by atomic mass is 35.5. The molecule has 0 aromatic heterocycles. The van der Waals surface area contributed by atoms with Gasteiger partial charge in [-0.15, -0.1) is 11.8 Å². The van der Waals surface area contributed by atoms with E-state index in [0.29, 0.717) is 25.7 Å². The third-order valence-corrected chi connectivity index (χ3v) is 4.97. The maximum absolute atomic E-state index is 12.1. The molecule has 0 fully saturated rings. The smallest absolute Gasteiger partial charge is 0.173 e. The van der Waals surface area contributed by atoms with Gasteiger partial charge in [-0.3, -0.25) is 4.79 Å². The topological polar surface area (TPSA) is 17.1 Å². The van der Waals surface area contributed by atoms with E-state index in [-0.39, 0.29) is 11.5 Å². The SMILES string of the molecule is O=C(CSc1ccc(Cl)c(Cl)c1)c1ccc(Cl)c(Cl)c1. The van der Waals surface area contributed by atoms with Crippen LogP contribution in [0.3, 0.4) is 0 Å². The molecule has 0 aliphatic heterocycles. The number of benzene rings is 2. The summed E-state index contributed by atoms with van der Waals surface area (Å²) in [6, 6.07) is 10.1. The van der Waals surface area contributed by atoms with Gasteiger partial charge < -0.3 is 0 Å². The van der Waals surface area contributed by atoms with Gasteiger partial charge in [-0.25, -0.2) is 0 Å². The monoisotopic (exact) mass is 364 g/mol. The molecule has 0 radical (unpaired) electrons. The van der Waals surface area contributed by atoms with Crippen LogP contribution >= 0.6 is 58.2 Å². The largest absolute Gasteiger partial charge is 0.293 e. The summed E-state index contributed by atoms with van der Waals surface area (Å²) in [6.07, 6.45) is 0. The minimum absolute atomic E-state index is 0.0281. The Morgan fingerprint density at radius 2 is 1.45 bits per heavy atom. The van der Waals surface area contributed by atoms with E-state index in [1.807, 2.05) is 6.07 Å². The Labute approximate surface area is 141 Å². The van der Waals surface area contributed by atoms with Gasteiger partial charge in [0.05, 0.1) is 25.8 Å². The first-order valence-corrected chi connectivity index (χ1v) is 8.03. The summed E-state index contributed by atoms with van der Waals surface area (Å²) in [4.78, 5) is 12.9.